The van der Waals surface area contributed by atoms with Gasteiger partial charge in [0, 0.05) is 23.3 Å². The molecule has 0 radical (unpaired) electrons. The summed E-state index contributed by atoms with van der Waals surface area (Å²) in [6, 6.07) is 9.59. The smallest absolute Gasteiger partial charge is 0.214 e. The van der Waals surface area contributed by atoms with E-state index in [4.69, 9.17) is 4.74 Å². The fourth-order valence-corrected chi connectivity index (χ4v) is 2.78. The van der Waals surface area contributed by atoms with Gasteiger partial charge in [-0.25, -0.2) is 0 Å². The van der Waals surface area contributed by atoms with Crippen LogP contribution in [0.2, 0.25) is 0 Å². The first-order valence-electron chi connectivity index (χ1n) is 7.14. The molecule has 118 valence electrons. The molecule has 1 heterocycles. The van der Waals surface area contributed by atoms with Crippen LogP contribution in [0.15, 0.2) is 41.0 Å². The van der Waals surface area contributed by atoms with Gasteiger partial charge in [0.2, 0.25) is 5.78 Å². The first-order chi connectivity index (χ1) is 10.5. The van der Waals surface area contributed by atoms with Gasteiger partial charge in [0.15, 0.2) is 0 Å². The van der Waals surface area contributed by atoms with Crippen LogP contribution >= 0.6 is 15.9 Å². The van der Waals surface area contributed by atoms with Crippen molar-refractivity contribution in [2.75, 3.05) is 21.2 Å². The second-order valence-corrected chi connectivity index (χ2v) is 6.36. The third kappa shape index (κ3) is 3.42. The quantitative estimate of drug-likeness (QED) is 0.736. The normalized spacial score (nSPS) is 12.5. The van der Waals surface area contributed by atoms with Crippen molar-refractivity contribution in [2.24, 2.45) is 0 Å². The molecule has 0 fully saturated rings. The second kappa shape index (κ2) is 7.11. The molecule has 2 rings (SSSR count). The minimum absolute atomic E-state index is 0.0414. The van der Waals surface area contributed by atoms with Gasteiger partial charge in [0.05, 0.1) is 18.4 Å². The summed E-state index contributed by atoms with van der Waals surface area (Å²) in [5, 5.41) is 0. The summed E-state index contributed by atoms with van der Waals surface area (Å²) in [5.41, 5.74) is 1.22. The van der Waals surface area contributed by atoms with Crippen LogP contribution in [0.5, 0.6) is 5.75 Å². The van der Waals surface area contributed by atoms with E-state index in [1.807, 2.05) is 49.1 Å². The van der Waals surface area contributed by atoms with Crippen LogP contribution in [-0.2, 0) is 6.54 Å². The number of aromatic nitrogens is 1. The van der Waals surface area contributed by atoms with E-state index in [0.717, 1.165) is 11.0 Å². The fourth-order valence-electron chi connectivity index (χ4n) is 2.25. The third-order valence-corrected chi connectivity index (χ3v) is 4.49. The van der Waals surface area contributed by atoms with Crippen molar-refractivity contribution in [1.29, 1.82) is 0 Å². The van der Waals surface area contributed by atoms with Crippen LogP contribution in [0.4, 0.5) is 0 Å². The number of ether oxygens (including phenoxy) is 1. The number of nitrogens with zero attached hydrogens (tertiary/aromatic N) is 2. The van der Waals surface area contributed by atoms with Gasteiger partial charge >= 0.3 is 0 Å². The van der Waals surface area contributed by atoms with Crippen LogP contribution in [0, 0.1) is 0 Å². The van der Waals surface area contributed by atoms with Gasteiger partial charge in [0.1, 0.15) is 5.75 Å². The summed E-state index contributed by atoms with van der Waals surface area (Å²) < 4.78 is 8.07. The van der Waals surface area contributed by atoms with Crippen LogP contribution in [-0.4, -0.2) is 42.5 Å². The van der Waals surface area contributed by atoms with Crippen LogP contribution in [0.1, 0.15) is 23.0 Å². The molecular formula is C17H21BrN2O2. The molecule has 0 saturated carbocycles. The van der Waals surface area contributed by atoms with Gasteiger partial charge in [-0.3, -0.25) is 4.79 Å². The summed E-state index contributed by atoms with van der Waals surface area (Å²) >= 11 is 3.45. The number of hydrogen-bond acceptors (Lipinski definition) is 3. The van der Waals surface area contributed by atoms with E-state index in [1.165, 1.54) is 0 Å². The monoisotopic (exact) mass is 364 g/mol. The zero-order chi connectivity index (χ0) is 16.3. The standard InChI is InChI=1S/C17H21BrN2O2/c1-12(19(2)3)11-20-10-6-8-14(20)17(21)16-13(18)7-5-9-15(16)22-4/h5-10,12H,11H2,1-4H3. The molecule has 2 aromatic rings. The van der Waals surface area contributed by atoms with Gasteiger partial charge in [-0.05, 0) is 61.2 Å². The van der Waals surface area contributed by atoms with Gasteiger partial charge in [-0.1, -0.05) is 6.07 Å². The fraction of sp³-hybridized carbons (Fsp3) is 0.353. The Balaban J connectivity index is 2.38. The molecule has 0 bridgehead atoms. The Morgan fingerprint density at radius 2 is 2.05 bits per heavy atom. The highest BCUT2D eigenvalue weighted by Gasteiger charge is 2.21. The van der Waals surface area contributed by atoms with Crippen molar-refractivity contribution in [3.63, 3.8) is 0 Å². The Kier molecular flexibility index (Phi) is 5.42. The Labute approximate surface area is 139 Å². The molecule has 0 amide bonds. The number of benzene rings is 1. The molecule has 0 spiro atoms. The lowest BCUT2D eigenvalue weighted by atomic mass is 10.1. The molecule has 5 heteroatoms. The van der Waals surface area contributed by atoms with E-state index in [2.05, 4.69) is 27.8 Å². The number of carbonyl (C=O) groups excluding carboxylic acids is 1. The first kappa shape index (κ1) is 16.8. The first-order valence-corrected chi connectivity index (χ1v) is 7.93. The molecular weight excluding hydrogens is 344 g/mol. The van der Waals surface area contributed by atoms with Crippen LogP contribution in [0.25, 0.3) is 0 Å². The predicted molar refractivity (Wildman–Crippen MR) is 91.7 cm³/mol. The van der Waals surface area contributed by atoms with Crippen molar-refractivity contribution in [1.82, 2.24) is 9.47 Å². The topological polar surface area (TPSA) is 34.5 Å². The lowest BCUT2D eigenvalue weighted by Gasteiger charge is -2.21. The SMILES string of the molecule is COc1cccc(Br)c1C(=O)c1cccn1CC(C)N(C)C. The largest absolute Gasteiger partial charge is 0.496 e. The second-order valence-electron chi connectivity index (χ2n) is 5.50. The molecule has 0 N–H and O–H groups in total. The number of ketones is 1. The maximum atomic E-state index is 12.9. The molecule has 0 aliphatic carbocycles. The highest BCUT2D eigenvalue weighted by Crippen LogP contribution is 2.29. The molecule has 4 nitrogen and oxygen atoms in total. The number of hydrogen-bond donors (Lipinski definition) is 0. The molecule has 0 saturated heterocycles. The lowest BCUT2D eigenvalue weighted by molar-refractivity contribution is 0.102. The van der Waals surface area contributed by atoms with E-state index in [-0.39, 0.29) is 5.78 Å². The van der Waals surface area contributed by atoms with Gasteiger partial charge in [-0.2, -0.15) is 0 Å². The van der Waals surface area contributed by atoms with Crippen LogP contribution < -0.4 is 4.74 Å². The molecule has 0 aliphatic rings. The van der Waals surface area contributed by atoms with Gasteiger partial charge < -0.3 is 14.2 Å². The molecule has 22 heavy (non-hydrogen) atoms. The minimum Gasteiger partial charge on any atom is -0.496 e. The number of halogens is 1. The van der Waals surface area contributed by atoms with E-state index in [9.17, 15) is 4.79 Å². The van der Waals surface area contributed by atoms with Gasteiger partial charge in [-0.15, -0.1) is 0 Å². The summed E-state index contributed by atoms with van der Waals surface area (Å²) in [6.07, 6.45) is 1.94. The molecule has 0 aliphatic heterocycles. The molecule has 1 atom stereocenters. The zero-order valence-corrected chi connectivity index (χ0v) is 14.9. The third-order valence-electron chi connectivity index (χ3n) is 3.83. The Bertz CT molecular complexity index is 664. The van der Waals surface area contributed by atoms with Crippen molar-refractivity contribution >= 4 is 21.7 Å². The summed E-state index contributed by atoms with van der Waals surface area (Å²) in [4.78, 5) is 15.1. The summed E-state index contributed by atoms with van der Waals surface area (Å²) in [5.74, 6) is 0.535. The Morgan fingerprint density at radius 3 is 2.68 bits per heavy atom. The zero-order valence-electron chi connectivity index (χ0n) is 13.3. The van der Waals surface area contributed by atoms with Crippen molar-refractivity contribution in [3.05, 3.63) is 52.3 Å². The highest BCUT2D eigenvalue weighted by molar-refractivity contribution is 9.10. The van der Waals surface area contributed by atoms with Crippen molar-refractivity contribution in [3.8, 4) is 5.75 Å². The lowest BCUT2D eigenvalue weighted by Crippen LogP contribution is -2.30. The molecule has 1 aromatic carbocycles. The molecule has 1 aromatic heterocycles. The van der Waals surface area contributed by atoms with Crippen molar-refractivity contribution < 1.29 is 9.53 Å². The van der Waals surface area contributed by atoms with Crippen LogP contribution in [0.3, 0.4) is 0 Å². The summed E-state index contributed by atoms with van der Waals surface area (Å²) in [7, 11) is 5.64. The van der Waals surface area contributed by atoms with E-state index in [1.54, 1.807) is 13.2 Å². The number of carbonyl (C=O) groups is 1. The Morgan fingerprint density at radius 1 is 1.32 bits per heavy atom. The van der Waals surface area contributed by atoms with E-state index < -0.39 is 0 Å². The summed E-state index contributed by atoms with van der Waals surface area (Å²) in [6.45, 7) is 2.89. The maximum Gasteiger partial charge on any atom is 0.214 e. The van der Waals surface area contributed by atoms with E-state index in [0.29, 0.717) is 23.0 Å². The maximum absolute atomic E-state index is 12.9. The predicted octanol–water partition coefficient (Wildman–Crippen LogP) is 3.44. The van der Waals surface area contributed by atoms with Gasteiger partial charge in [0.25, 0.3) is 0 Å². The average Bonchev–Trinajstić information content (AvgIpc) is 2.94. The minimum atomic E-state index is -0.0414. The molecule has 1 unspecified atom stereocenters. The number of methoxy groups -OCH3 is 1. The van der Waals surface area contributed by atoms with E-state index >= 15 is 0 Å². The average molecular weight is 365 g/mol. The highest BCUT2D eigenvalue weighted by atomic mass is 79.9. The number of rotatable bonds is 6. The van der Waals surface area contributed by atoms with Crippen molar-refractivity contribution in [2.45, 2.75) is 19.5 Å². The number of likely N-dealkylation sites (N-methyl/N-ethyl adjacent to an activating group) is 1. The Hall–Kier alpha value is -1.59.